The number of nitrogens with one attached hydrogen (secondary N) is 2. The van der Waals surface area contributed by atoms with E-state index in [1.54, 1.807) is 18.2 Å². The Hall–Kier alpha value is -3.09. The lowest BCUT2D eigenvalue weighted by molar-refractivity contribution is -0.114. The monoisotopic (exact) mass is 370 g/mol. The van der Waals surface area contributed by atoms with Crippen LogP contribution < -0.4 is 21.3 Å². The van der Waals surface area contributed by atoms with Gasteiger partial charge in [0.25, 0.3) is 5.91 Å². The first-order valence-corrected chi connectivity index (χ1v) is 9.01. The summed E-state index contributed by atoms with van der Waals surface area (Å²) in [6, 6.07) is 11.1. The van der Waals surface area contributed by atoms with Crippen molar-refractivity contribution in [3.63, 3.8) is 0 Å². The number of piperidine rings is 1. The van der Waals surface area contributed by atoms with E-state index in [0.29, 0.717) is 16.9 Å². The fraction of sp³-hybridized carbons (Fsp3) is 0.300. The number of primary amides is 1. The molecule has 1 heterocycles. The molecule has 0 aliphatic carbocycles. The molecule has 0 atom stereocenters. The van der Waals surface area contributed by atoms with E-state index in [0.717, 1.165) is 31.6 Å². The van der Waals surface area contributed by atoms with E-state index in [1.165, 1.54) is 24.6 Å². The number of anilines is 3. The molecule has 1 fully saturated rings. The van der Waals surface area contributed by atoms with Crippen molar-refractivity contribution in [3.05, 3.63) is 53.8 Å². The molecule has 2 aromatic rings. The fourth-order valence-corrected chi connectivity index (χ4v) is 3.19. The summed E-state index contributed by atoms with van der Waals surface area (Å²) < 4.78 is 13.2. The number of rotatable bonds is 6. The van der Waals surface area contributed by atoms with Crippen LogP contribution in [0.25, 0.3) is 0 Å². The summed E-state index contributed by atoms with van der Waals surface area (Å²) >= 11 is 0. The number of nitrogens with zero attached hydrogens (tertiary/aromatic N) is 1. The number of hydrogen-bond donors (Lipinski definition) is 3. The zero-order valence-electron chi connectivity index (χ0n) is 15.0. The Kier molecular flexibility index (Phi) is 5.90. The number of nitrogens with two attached hydrogens (primary N) is 1. The molecule has 0 aromatic heterocycles. The molecule has 0 unspecified atom stereocenters. The van der Waals surface area contributed by atoms with E-state index in [9.17, 15) is 14.0 Å². The topological polar surface area (TPSA) is 87.5 Å². The molecule has 27 heavy (non-hydrogen) atoms. The molecule has 2 amide bonds. The van der Waals surface area contributed by atoms with Crippen molar-refractivity contribution >= 4 is 28.9 Å². The lowest BCUT2D eigenvalue weighted by Crippen LogP contribution is -2.30. The Morgan fingerprint density at radius 3 is 2.56 bits per heavy atom. The van der Waals surface area contributed by atoms with E-state index < -0.39 is 11.7 Å². The third-order valence-corrected chi connectivity index (χ3v) is 4.54. The first-order valence-electron chi connectivity index (χ1n) is 9.01. The maximum Gasteiger partial charge on any atom is 0.250 e. The Bertz CT molecular complexity index is 834. The highest BCUT2D eigenvalue weighted by Crippen LogP contribution is 2.25. The van der Waals surface area contributed by atoms with E-state index in [-0.39, 0.29) is 12.5 Å². The van der Waals surface area contributed by atoms with Gasteiger partial charge in [-0.25, -0.2) is 4.39 Å². The number of carbonyl (C=O) groups is 2. The highest BCUT2D eigenvalue weighted by Gasteiger charge is 2.15. The third kappa shape index (κ3) is 4.97. The molecule has 6 nitrogen and oxygen atoms in total. The van der Waals surface area contributed by atoms with Crippen molar-refractivity contribution < 1.29 is 14.0 Å². The van der Waals surface area contributed by atoms with Gasteiger partial charge in [-0.15, -0.1) is 0 Å². The molecule has 0 bridgehead atoms. The van der Waals surface area contributed by atoms with Gasteiger partial charge >= 0.3 is 0 Å². The summed E-state index contributed by atoms with van der Waals surface area (Å²) in [5, 5.41) is 5.53. The number of amides is 2. The quantitative estimate of drug-likeness (QED) is 0.730. The van der Waals surface area contributed by atoms with Gasteiger partial charge in [0.1, 0.15) is 5.82 Å². The van der Waals surface area contributed by atoms with Gasteiger partial charge in [-0.1, -0.05) is 6.07 Å². The third-order valence-electron chi connectivity index (χ3n) is 4.54. The van der Waals surface area contributed by atoms with Crippen LogP contribution in [0.15, 0.2) is 42.5 Å². The highest BCUT2D eigenvalue weighted by atomic mass is 19.1. The average molecular weight is 370 g/mol. The van der Waals surface area contributed by atoms with Crippen molar-refractivity contribution in [2.45, 2.75) is 19.3 Å². The van der Waals surface area contributed by atoms with Crippen LogP contribution in [-0.4, -0.2) is 31.4 Å². The molecule has 2 aromatic carbocycles. The van der Waals surface area contributed by atoms with E-state index in [4.69, 9.17) is 5.73 Å². The minimum atomic E-state index is -0.554. The lowest BCUT2D eigenvalue weighted by atomic mass is 10.1. The molecule has 7 heteroatoms. The number of hydrogen-bond acceptors (Lipinski definition) is 4. The lowest BCUT2D eigenvalue weighted by Gasteiger charge is -2.29. The van der Waals surface area contributed by atoms with Gasteiger partial charge < -0.3 is 21.3 Å². The highest BCUT2D eigenvalue weighted by molar-refractivity contribution is 6.01. The van der Waals surface area contributed by atoms with Crippen molar-refractivity contribution in [3.8, 4) is 0 Å². The zero-order valence-corrected chi connectivity index (χ0v) is 15.0. The van der Waals surface area contributed by atoms with Crippen molar-refractivity contribution in [1.29, 1.82) is 0 Å². The zero-order chi connectivity index (χ0) is 19.2. The molecule has 0 radical (unpaired) electrons. The predicted octanol–water partition coefficient (Wildman–Crippen LogP) is 2.97. The summed E-state index contributed by atoms with van der Waals surface area (Å²) in [6.07, 6.45) is 3.48. The minimum Gasteiger partial charge on any atom is -0.375 e. The summed E-state index contributed by atoms with van der Waals surface area (Å²) in [7, 11) is 0. The molecular weight excluding hydrogens is 347 g/mol. The summed E-state index contributed by atoms with van der Waals surface area (Å²) in [4.78, 5) is 26.2. The number of halogens is 1. The Morgan fingerprint density at radius 1 is 1.07 bits per heavy atom. The second kappa shape index (κ2) is 8.53. The van der Waals surface area contributed by atoms with Gasteiger partial charge in [-0.05, 0) is 55.7 Å². The first-order chi connectivity index (χ1) is 13.0. The van der Waals surface area contributed by atoms with Crippen LogP contribution in [0.4, 0.5) is 21.5 Å². The van der Waals surface area contributed by atoms with Crippen LogP contribution >= 0.6 is 0 Å². The minimum absolute atomic E-state index is 0.0696. The molecule has 1 aliphatic rings. The molecule has 4 N–H and O–H groups in total. The summed E-state index contributed by atoms with van der Waals surface area (Å²) in [6.45, 7) is 1.85. The second-order valence-electron chi connectivity index (χ2n) is 6.55. The van der Waals surface area contributed by atoms with Crippen molar-refractivity contribution in [2.24, 2.45) is 5.73 Å². The summed E-state index contributed by atoms with van der Waals surface area (Å²) in [5.41, 5.74) is 7.69. The van der Waals surface area contributed by atoms with Crippen LogP contribution in [0, 0.1) is 5.82 Å². The molecule has 0 saturated carbocycles. The van der Waals surface area contributed by atoms with Crippen LogP contribution in [-0.2, 0) is 4.79 Å². The maximum absolute atomic E-state index is 13.2. The van der Waals surface area contributed by atoms with Crippen LogP contribution in [0.2, 0.25) is 0 Å². The number of carbonyl (C=O) groups excluding carboxylic acids is 2. The van der Waals surface area contributed by atoms with Crippen molar-refractivity contribution in [2.75, 3.05) is 35.2 Å². The van der Waals surface area contributed by atoms with Gasteiger partial charge in [-0.3, -0.25) is 9.59 Å². The largest absolute Gasteiger partial charge is 0.375 e. The van der Waals surface area contributed by atoms with E-state index in [1.807, 2.05) is 6.07 Å². The number of benzene rings is 2. The van der Waals surface area contributed by atoms with E-state index in [2.05, 4.69) is 15.5 Å². The average Bonchev–Trinajstić information content (AvgIpc) is 2.67. The van der Waals surface area contributed by atoms with Crippen LogP contribution in [0.5, 0.6) is 0 Å². The van der Waals surface area contributed by atoms with Gasteiger partial charge in [-0.2, -0.15) is 0 Å². The fourth-order valence-electron chi connectivity index (χ4n) is 3.19. The molecular formula is C20H23FN4O2. The Balaban J connectivity index is 1.66. The Labute approximate surface area is 157 Å². The second-order valence-corrected chi connectivity index (χ2v) is 6.55. The van der Waals surface area contributed by atoms with Gasteiger partial charge in [0.2, 0.25) is 5.91 Å². The standard InChI is InChI=1S/C20H23FN4O2/c21-14-5-4-6-15(11-14)24-19(26)13-23-18-8-7-16(12-17(18)20(22)27)25-9-2-1-3-10-25/h4-8,11-12,23H,1-3,9-10,13H2,(H2,22,27)(H,24,26). The molecule has 3 rings (SSSR count). The maximum atomic E-state index is 13.2. The van der Waals surface area contributed by atoms with Crippen LogP contribution in [0.1, 0.15) is 29.6 Å². The normalized spacial score (nSPS) is 13.9. The van der Waals surface area contributed by atoms with Crippen LogP contribution in [0.3, 0.4) is 0 Å². The Morgan fingerprint density at radius 2 is 1.85 bits per heavy atom. The van der Waals surface area contributed by atoms with Gasteiger partial charge in [0.05, 0.1) is 12.1 Å². The molecule has 1 aliphatic heterocycles. The molecule has 0 spiro atoms. The van der Waals surface area contributed by atoms with E-state index >= 15 is 0 Å². The first kappa shape index (κ1) is 18.7. The summed E-state index contributed by atoms with van der Waals surface area (Å²) in [5.74, 6) is -1.33. The smallest absolute Gasteiger partial charge is 0.250 e. The van der Waals surface area contributed by atoms with Crippen molar-refractivity contribution in [1.82, 2.24) is 0 Å². The van der Waals surface area contributed by atoms with Gasteiger partial charge in [0, 0.05) is 30.2 Å². The van der Waals surface area contributed by atoms with Gasteiger partial charge in [0.15, 0.2) is 0 Å². The SMILES string of the molecule is NC(=O)c1cc(N2CCCCC2)ccc1NCC(=O)Nc1cccc(F)c1. The molecule has 142 valence electrons. The predicted molar refractivity (Wildman–Crippen MR) is 105 cm³/mol. The molecule has 1 saturated heterocycles.